The maximum absolute atomic E-state index is 6.22. The number of rotatable bonds is 4. The van der Waals surface area contributed by atoms with Crippen LogP contribution < -0.4 is 5.32 Å². The fourth-order valence-corrected chi connectivity index (χ4v) is 2.14. The minimum Gasteiger partial charge on any atom is -0.385 e. The van der Waals surface area contributed by atoms with Crippen LogP contribution in [0.2, 0.25) is 5.02 Å². The molecule has 0 unspecified atom stereocenters. The molecule has 0 fully saturated rings. The largest absolute Gasteiger partial charge is 0.385 e. The lowest BCUT2D eigenvalue weighted by molar-refractivity contribution is 0.993. The van der Waals surface area contributed by atoms with Crippen molar-refractivity contribution >= 4 is 33.2 Å². The molecule has 3 heteroatoms. The number of nitrogens with one attached hydrogen (secondary N) is 1. The second-order valence-electron chi connectivity index (χ2n) is 3.79. The van der Waals surface area contributed by atoms with E-state index in [2.05, 4.69) is 41.2 Å². The minimum absolute atomic E-state index is 0.877. The van der Waals surface area contributed by atoms with Crippen LogP contribution in [0, 0.1) is 20.8 Å². The Balaban J connectivity index is 2.92. The maximum atomic E-state index is 6.22. The van der Waals surface area contributed by atoms with Gasteiger partial charge in [0.25, 0.3) is 0 Å². The summed E-state index contributed by atoms with van der Waals surface area (Å²) in [6.45, 7) is 7.21. The van der Waals surface area contributed by atoms with E-state index in [4.69, 9.17) is 11.6 Å². The molecule has 0 atom stereocenters. The molecule has 0 heterocycles. The zero-order valence-corrected chi connectivity index (χ0v) is 11.8. The van der Waals surface area contributed by atoms with E-state index in [1.807, 2.05) is 6.92 Å². The van der Waals surface area contributed by atoms with Gasteiger partial charge in [-0.3, -0.25) is 0 Å². The molecule has 0 saturated carbocycles. The quantitative estimate of drug-likeness (QED) is 0.637. The van der Waals surface area contributed by atoms with Crippen molar-refractivity contribution in [1.82, 2.24) is 0 Å². The van der Waals surface area contributed by atoms with Crippen LogP contribution in [0.1, 0.15) is 23.1 Å². The standard InChI is InChI=1S/C12H17BrClN/c1-8-7-9(2)12(10(3)11(8)14)15-6-4-5-13/h7,15H,4-6H2,1-3H3. The van der Waals surface area contributed by atoms with Crippen LogP contribution in [0.15, 0.2) is 6.07 Å². The Hall–Kier alpha value is -0.210. The Labute approximate surface area is 105 Å². The van der Waals surface area contributed by atoms with Crippen LogP contribution in [-0.2, 0) is 0 Å². The number of aryl methyl sites for hydroxylation is 2. The maximum Gasteiger partial charge on any atom is 0.0485 e. The molecule has 0 aromatic heterocycles. The summed E-state index contributed by atoms with van der Waals surface area (Å²) < 4.78 is 0. The Morgan fingerprint density at radius 1 is 1.27 bits per heavy atom. The number of hydrogen-bond donors (Lipinski definition) is 1. The van der Waals surface area contributed by atoms with E-state index in [9.17, 15) is 0 Å². The van der Waals surface area contributed by atoms with Crippen molar-refractivity contribution in [3.63, 3.8) is 0 Å². The average Bonchev–Trinajstić information content (AvgIpc) is 2.20. The zero-order chi connectivity index (χ0) is 11.4. The summed E-state index contributed by atoms with van der Waals surface area (Å²) in [5.74, 6) is 0. The smallest absolute Gasteiger partial charge is 0.0485 e. The third kappa shape index (κ3) is 3.12. The van der Waals surface area contributed by atoms with Gasteiger partial charge in [-0.05, 0) is 43.9 Å². The number of benzene rings is 1. The molecular weight excluding hydrogens is 273 g/mol. The molecular formula is C12H17BrClN. The van der Waals surface area contributed by atoms with Gasteiger partial charge in [-0.2, -0.15) is 0 Å². The van der Waals surface area contributed by atoms with Crippen LogP contribution in [-0.4, -0.2) is 11.9 Å². The summed E-state index contributed by atoms with van der Waals surface area (Å²) in [5, 5.41) is 5.34. The third-order valence-corrected chi connectivity index (χ3v) is 3.63. The van der Waals surface area contributed by atoms with E-state index < -0.39 is 0 Å². The Morgan fingerprint density at radius 3 is 2.53 bits per heavy atom. The molecule has 0 aliphatic rings. The highest BCUT2D eigenvalue weighted by molar-refractivity contribution is 9.09. The molecule has 1 rings (SSSR count). The molecule has 15 heavy (non-hydrogen) atoms. The number of hydrogen-bond acceptors (Lipinski definition) is 1. The lowest BCUT2D eigenvalue weighted by Gasteiger charge is -2.15. The molecule has 84 valence electrons. The first-order chi connectivity index (χ1) is 7.07. The van der Waals surface area contributed by atoms with E-state index >= 15 is 0 Å². The fourth-order valence-electron chi connectivity index (χ4n) is 1.71. The molecule has 0 spiro atoms. The van der Waals surface area contributed by atoms with Gasteiger partial charge < -0.3 is 5.32 Å². The lowest BCUT2D eigenvalue weighted by Crippen LogP contribution is -2.06. The number of alkyl halides is 1. The zero-order valence-electron chi connectivity index (χ0n) is 9.45. The Morgan fingerprint density at radius 2 is 1.93 bits per heavy atom. The van der Waals surface area contributed by atoms with Crippen molar-refractivity contribution in [1.29, 1.82) is 0 Å². The van der Waals surface area contributed by atoms with E-state index in [0.717, 1.165) is 34.4 Å². The summed E-state index contributed by atoms with van der Waals surface area (Å²) in [5.41, 5.74) is 4.76. The third-order valence-electron chi connectivity index (χ3n) is 2.49. The predicted octanol–water partition coefficient (Wildman–Crippen LogP) is 4.46. The van der Waals surface area contributed by atoms with Crippen molar-refractivity contribution in [2.45, 2.75) is 27.2 Å². The van der Waals surface area contributed by atoms with E-state index in [1.165, 1.54) is 11.3 Å². The van der Waals surface area contributed by atoms with Crippen LogP contribution in [0.4, 0.5) is 5.69 Å². The molecule has 0 aliphatic carbocycles. The Kier molecular flexibility index (Phi) is 4.94. The fraction of sp³-hybridized carbons (Fsp3) is 0.500. The highest BCUT2D eigenvalue weighted by Crippen LogP contribution is 2.30. The first kappa shape index (κ1) is 12.9. The lowest BCUT2D eigenvalue weighted by atomic mass is 10.0. The SMILES string of the molecule is Cc1cc(C)c(NCCCBr)c(C)c1Cl. The van der Waals surface area contributed by atoms with Gasteiger partial charge in [0.1, 0.15) is 0 Å². The van der Waals surface area contributed by atoms with Gasteiger partial charge in [0.15, 0.2) is 0 Å². The molecule has 0 radical (unpaired) electrons. The first-order valence-corrected chi connectivity index (χ1v) is 6.64. The van der Waals surface area contributed by atoms with Crippen LogP contribution in [0.3, 0.4) is 0 Å². The molecule has 0 saturated heterocycles. The molecule has 1 nitrogen and oxygen atoms in total. The van der Waals surface area contributed by atoms with Gasteiger partial charge in [-0.15, -0.1) is 0 Å². The summed E-state index contributed by atoms with van der Waals surface area (Å²) in [4.78, 5) is 0. The van der Waals surface area contributed by atoms with Crippen molar-refractivity contribution in [2.75, 3.05) is 17.2 Å². The summed E-state index contributed by atoms with van der Waals surface area (Å²) in [6.07, 6.45) is 1.12. The number of halogens is 2. The van der Waals surface area contributed by atoms with Crippen LogP contribution in [0.5, 0.6) is 0 Å². The molecule has 1 aromatic carbocycles. The average molecular weight is 291 g/mol. The van der Waals surface area contributed by atoms with Gasteiger partial charge in [0.05, 0.1) is 0 Å². The van der Waals surface area contributed by atoms with Crippen LogP contribution >= 0.6 is 27.5 Å². The molecule has 0 bridgehead atoms. The molecule has 1 N–H and O–H groups in total. The Bertz CT molecular complexity index is 350. The monoisotopic (exact) mass is 289 g/mol. The number of anilines is 1. The van der Waals surface area contributed by atoms with E-state index in [1.54, 1.807) is 0 Å². The van der Waals surface area contributed by atoms with E-state index in [-0.39, 0.29) is 0 Å². The van der Waals surface area contributed by atoms with Gasteiger partial charge in [0.2, 0.25) is 0 Å². The molecule has 0 amide bonds. The van der Waals surface area contributed by atoms with Crippen molar-refractivity contribution in [3.05, 3.63) is 27.8 Å². The van der Waals surface area contributed by atoms with Gasteiger partial charge >= 0.3 is 0 Å². The summed E-state index contributed by atoms with van der Waals surface area (Å²) >= 11 is 9.64. The normalized spacial score (nSPS) is 10.5. The highest BCUT2D eigenvalue weighted by Gasteiger charge is 2.08. The summed E-state index contributed by atoms with van der Waals surface area (Å²) in [6, 6.07) is 2.13. The van der Waals surface area contributed by atoms with Crippen molar-refractivity contribution in [2.24, 2.45) is 0 Å². The summed E-state index contributed by atoms with van der Waals surface area (Å²) in [7, 11) is 0. The van der Waals surface area contributed by atoms with Crippen molar-refractivity contribution in [3.8, 4) is 0 Å². The molecule has 0 aliphatic heterocycles. The van der Waals surface area contributed by atoms with Gasteiger partial charge in [-0.25, -0.2) is 0 Å². The first-order valence-electron chi connectivity index (χ1n) is 5.14. The van der Waals surface area contributed by atoms with Crippen LogP contribution in [0.25, 0.3) is 0 Å². The van der Waals surface area contributed by atoms with Gasteiger partial charge in [-0.1, -0.05) is 33.6 Å². The topological polar surface area (TPSA) is 12.0 Å². The van der Waals surface area contributed by atoms with Gasteiger partial charge in [0, 0.05) is 22.6 Å². The van der Waals surface area contributed by atoms with Crippen molar-refractivity contribution < 1.29 is 0 Å². The van der Waals surface area contributed by atoms with E-state index in [0.29, 0.717) is 0 Å². The second-order valence-corrected chi connectivity index (χ2v) is 4.96. The molecule has 1 aromatic rings. The highest BCUT2D eigenvalue weighted by atomic mass is 79.9. The predicted molar refractivity (Wildman–Crippen MR) is 72.6 cm³/mol. The minimum atomic E-state index is 0.877. The second kappa shape index (κ2) is 5.76.